The van der Waals surface area contributed by atoms with Gasteiger partial charge in [-0.25, -0.2) is 4.98 Å². The zero-order chi connectivity index (χ0) is 27.5. The Bertz CT molecular complexity index is 1400. The number of methoxy groups -OCH3 is 1. The number of hydrogen-bond donors (Lipinski definition) is 1. The van der Waals surface area contributed by atoms with Crippen LogP contribution in [-0.2, 0) is 13.0 Å². The summed E-state index contributed by atoms with van der Waals surface area (Å²) in [5.74, 6) is 2.57. The Labute approximate surface area is 239 Å². The number of allylic oxidation sites excluding steroid dienone is 1. The van der Waals surface area contributed by atoms with Crippen molar-refractivity contribution in [3.63, 3.8) is 0 Å². The van der Waals surface area contributed by atoms with Crippen LogP contribution in [0.15, 0.2) is 77.3 Å². The molecule has 7 heteroatoms. The first kappa shape index (κ1) is 28.4. The van der Waals surface area contributed by atoms with Crippen LogP contribution in [0.25, 0.3) is 17.1 Å². The van der Waals surface area contributed by atoms with Crippen molar-refractivity contribution in [2.45, 2.75) is 45.6 Å². The van der Waals surface area contributed by atoms with E-state index in [9.17, 15) is 4.79 Å². The van der Waals surface area contributed by atoms with Crippen LogP contribution >= 0.6 is 15.9 Å². The lowest BCUT2D eigenvalue weighted by atomic mass is 10.1. The van der Waals surface area contributed by atoms with E-state index in [0.29, 0.717) is 18.7 Å². The van der Waals surface area contributed by atoms with E-state index < -0.39 is 0 Å². The van der Waals surface area contributed by atoms with Crippen LogP contribution in [0, 0.1) is 0 Å². The van der Waals surface area contributed by atoms with Gasteiger partial charge in [0.2, 0.25) is 0 Å². The van der Waals surface area contributed by atoms with Crippen molar-refractivity contribution in [2.75, 3.05) is 20.3 Å². The third-order valence-corrected chi connectivity index (χ3v) is 7.06. The molecule has 39 heavy (non-hydrogen) atoms. The summed E-state index contributed by atoms with van der Waals surface area (Å²) in [6.45, 7) is 4.08. The highest BCUT2D eigenvalue weighted by atomic mass is 79.9. The number of para-hydroxylation sites is 2. The summed E-state index contributed by atoms with van der Waals surface area (Å²) >= 11 is 3.40. The number of fused-ring (bicyclic) bond motifs is 1. The minimum Gasteiger partial charge on any atom is -0.493 e. The molecule has 1 amide bonds. The highest BCUT2D eigenvalue weighted by molar-refractivity contribution is 9.10. The maximum atomic E-state index is 12.3. The number of hydrogen-bond acceptors (Lipinski definition) is 4. The van der Waals surface area contributed by atoms with Crippen molar-refractivity contribution in [1.82, 2.24) is 14.9 Å². The van der Waals surface area contributed by atoms with Crippen molar-refractivity contribution in [3.8, 4) is 11.5 Å². The molecule has 0 saturated carbocycles. The molecule has 0 bridgehead atoms. The van der Waals surface area contributed by atoms with Gasteiger partial charge in [-0.05, 0) is 80.3 Å². The Balaban J connectivity index is 1.26. The number of aryl methyl sites for hydroxylation is 2. The first-order valence-corrected chi connectivity index (χ1v) is 14.3. The van der Waals surface area contributed by atoms with E-state index >= 15 is 0 Å². The second-order valence-electron chi connectivity index (χ2n) is 9.35. The summed E-state index contributed by atoms with van der Waals surface area (Å²) < 4.78 is 14.9. The fraction of sp³-hybridized carbons (Fsp3) is 0.312. The Morgan fingerprint density at radius 3 is 2.62 bits per heavy atom. The van der Waals surface area contributed by atoms with Crippen LogP contribution in [0.3, 0.4) is 0 Å². The molecular weight excluding hydrogens is 554 g/mol. The van der Waals surface area contributed by atoms with Crippen LogP contribution in [0.2, 0.25) is 0 Å². The minimum atomic E-state index is -0.0297. The van der Waals surface area contributed by atoms with E-state index in [-0.39, 0.29) is 5.91 Å². The van der Waals surface area contributed by atoms with Crippen molar-refractivity contribution >= 4 is 38.9 Å². The van der Waals surface area contributed by atoms with E-state index in [1.807, 2.05) is 67.6 Å². The Kier molecular flexibility index (Phi) is 10.6. The largest absolute Gasteiger partial charge is 0.493 e. The van der Waals surface area contributed by atoms with Crippen LogP contribution in [-0.4, -0.2) is 35.7 Å². The standard InChI is InChI=1S/C32H36BrN3O3/c1-3-10-24-14-19-29(30(23-24)38-2)39-22-9-21-36-28-12-7-6-11-27(28)35-31(36)13-5-4-8-20-34-32(37)25-15-17-26(33)18-16-25/h3,6-7,10-12,14-19,23H,4-5,8-9,13,20-22H2,1-2H3,(H,34,37)/b10-3+. The molecule has 1 aromatic heterocycles. The molecule has 0 saturated heterocycles. The number of amides is 1. The molecule has 1 heterocycles. The zero-order valence-electron chi connectivity index (χ0n) is 22.7. The lowest BCUT2D eigenvalue weighted by Gasteiger charge is -2.13. The second kappa shape index (κ2) is 14.5. The van der Waals surface area contributed by atoms with Gasteiger partial charge in [0, 0.05) is 29.5 Å². The van der Waals surface area contributed by atoms with Crippen molar-refractivity contribution in [2.24, 2.45) is 0 Å². The van der Waals surface area contributed by atoms with E-state index in [0.717, 1.165) is 77.0 Å². The third-order valence-electron chi connectivity index (χ3n) is 6.53. The average Bonchev–Trinajstić information content (AvgIpc) is 3.31. The molecule has 0 atom stereocenters. The molecule has 204 valence electrons. The molecule has 4 aromatic rings. The minimum absolute atomic E-state index is 0.0297. The van der Waals surface area contributed by atoms with Crippen LogP contribution < -0.4 is 14.8 Å². The Morgan fingerprint density at radius 2 is 1.82 bits per heavy atom. The third kappa shape index (κ3) is 7.96. The molecule has 0 aliphatic carbocycles. The molecule has 0 fully saturated rings. The molecule has 4 rings (SSSR count). The first-order chi connectivity index (χ1) is 19.1. The summed E-state index contributed by atoms with van der Waals surface area (Å²) in [5.41, 5.74) is 3.95. The van der Waals surface area contributed by atoms with Gasteiger partial charge >= 0.3 is 0 Å². The Hall–Kier alpha value is -3.58. The summed E-state index contributed by atoms with van der Waals surface area (Å²) in [6.07, 6.45) is 8.78. The number of benzene rings is 3. The molecule has 0 radical (unpaired) electrons. The topological polar surface area (TPSA) is 65.4 Å². The van der Waals surface area contributed by atoms with Gasteiger partial charge in [0.05, 0.1) is 24.8 Å². The number of carbonyl (C=O) groups is 1. The van der Waals surface area contributed by atoms with Gasteiger partial charge < -0.3 is 19.4 Å². The maximum absolute atomic E-state index is 12.3. The fourth-order valence-electron chi connectivity index (χ4n) is 4.56. The van der Waals surface area contributed by atoms with Crippen LogP contribution in [0.5, 0.6) is 11.5 Å². The summed E-state index contributed by atoms with van der Waals surface area (Å²) in [6, 6.07) is 21.7. The predicted octanol–water partition coefficient (Wildman–Crippen LogP) is 7.45. The van der Waals surface area contributed by atoms with Gasteiger partial charge in [-0.3, -0.25) is 4.79 Å². The van der Waals surface area contributed by atoms with Crippen molar-refractivity contribution in [3.05, 3.63) is 94.2 Å². The van der Waals surface area contributed by atoms with E-state index in [1.165, 1.54) is 0 Å². The highest BCUT2D eigenvalue weighted by Gasteiger charge is 2.11. The maximum Gasteiger partial charge on any atom is 0.251 e. The number of nitrogens with one attached hydrogen (secondary N) is 1. The zero-order valence-corrected chi connectivity index (χ0v) is 24.2. The number of nitrogens with zero attached hydrogens (tertiary/aromatic N) is 2. The van der Waals surface area contributed by atoms with Gasteiger partial charge in [-0.1, -0.05) is 52.7 Å². The fourth-order valence-corrected chi connectivity index (χ4v) is 4.82. The van der Waals surface area contributed by atoms with Gasteiger partial charge in [0.25, 0.3) is 5.91 Å². The van der Waals surface area contributed by atoms with E-state index in [4.69, 9.17) is 14.5 Å². The van der Waals surface area contributed by atoms with Gasteiger partial charge in [-0.2, -0.15) is 0 Å². The van der Waals surface area contributed by atoms with E-state index in [2.05, 4.69) is 44.0 Å². The number of aromatic nitrogens is 2. The molecule has 0 spiro atoms. The molecule has 0 aliphatic heterocycles. The van der Waals surface area contributed by atoms with E-state index in [1.54, 1.807) is 7.11 Å². The number of unbranched alkanes of at least 4 members (excludes halogenated alkanes) is 2. The van der Waals surface area contributed by atoms with Gasteiger partial charge in [0.15, 0.2) is 11.5 Å². The number of carbonyl (C=O) groups excluding carboxylic acids is 1. The number of imidazole rings is 1. The average molecular weight is 591 g/mol. The predicted molar refractivity (Wildman–Crippen MR) is 162 cm³/mol. The number of ether oxygens (including phenoxy) is 2. The highest BCUT2D eigenvalue weighted by Crippen LogP contribution is 2.29. The Morgan fingerprint density at radius 1 is 1.00 bits per heavy atom. The van der Waals surface area contributed by atoms with Gasteiger partial charge in [0.1, 0.15) is 5.82 Å². The summed E-state index contributed by atoms with van der Waals surface area (Å²) in [4.78, 5) is 17.2. The molecule has 1 N–H and O–H groups in total. The molecule has 0 unspecified atom stereocenters. The normalized spacial score (nSPS) is 11.3. The number of rotatable bonds is 14. The smallest absolute Gasteiger partial charge is 0.251 e. The van der Waals surface area contributed by atoms with Crippen molar-refractivity contribution in [1.29, 1.82) is 0 Å². The number of halogens is 1. The molecule has 0 aliphatic rings. The molecular formula is C32H36BrN3O3. The van der Waals surface area contributed by atoms with Crippen LogP contribution in [0.1, 0.15) is 54.4 Å². The van der Waals surface area contributed by atoms with Crippen molar-refractivity contribution < 1.29 is 14.3 Å². The molecule has 3 aromatic carbocycles. The molecule has 6 nitrogen and oxygen atoms in total. The monoisotopic (exact) mass is 589 g/mol. The lowest BCUT2D eigenvalue weighted by Crippen LogP contribution is -2.24. The summed E-state index contributed by atoms with van der Waals surface area (Å²) in [7, 11) is 1.67. The lowest BCUT2D eigenvalue weighted by molar-refractivity contribution is 0.0953. The summed E-state index contributed by atoms with van der Waals surface area (Å²) in [5, 5.41) is 3.01. The quantitative estimate of drug-likeness (QED) is 0.155. The SMILES string of the molecule is C/C=C/c1ccc(OCCCn2c(CCCCCNC(=O)c3ccc(Br)cc3)nc3ccccc32)c(OC)c1. The van der Waals surface area contributed by atoms with Gasteiger partial charge in [-0.15, -0.1) is 0 Å². The van der Waals surface area contributed by atoms with Crippen LogP contribution in [0.4, 0.5) is 0 Å². The second-order valence-corrected chi connectivity index (χ2v) is 10.3. The first-order valence-electron chi connectivity index (χ1n) is 13.5.